The third kappa shape index (κ3) is 2.49. The molecule has 0 saturated carbocycles. The lowest BCUT2D eigenvalue weighted by Crippen LogP contribution is -2.24. The number of carbonyl (C=O) groups is 2. The fraction of sp³-hybridized carbons (Fsp3) is 0.133. The molecule has 0 radical (unpaired) electrons. The van der Waals surface area contributed by atoms with E-state index < -0.39 is 11.9 Å². The van der Waals surface area contributed by atoms with E-state index in [1.165, 1.54) is 0 Å². The van der Waals surface area contributed by atoms with Crippen molar-refractivity contribution in [3.63, 3.8) is 0 Å². The van der Waals surface area contributed by atoms with Gasteiger partial charge in [0.15, 0.2) is 0 Å². The summed E-state index contributed by atoms with van der Waals surface area (Å²) < 4.78 is 1.66. The van der Waals surface area contributed by atoms with Gasteiger partial charge in [-0.05, 0) is 31.5 Å². The summed E-state index contributed by atoms with van der Waals surface area (Å²) in [6, 6.07) is 11.1. The number of nitriles is 1. The summed E-state index contributed by atoms with van der Waals surface area (Å²) in [5, 5.41) is 20.3. The zero-order chi connectivity index (χ0) is 15.6. The second-order valence-electron chi connectivity index (χ2n) is 4.48. The van der Waals surface area contributed by atoms with Gasteiger partial charge in [-0.1, -0.05) is 18.2 Å². The van der Waals surface area contributed by atoms with Gasteiger partial charge in [-0.25, -0.2) is 4.79 Å². The average Bonchev–Trinajstić information content (AvgIpc) is 2.71. The number of carboxylic acids is 1. The van der Waals surface area contributed by atoms with Crippen molar-refractivity contribution in [2.24, 2.45) is 0 Å². The lowest BCUT2D eigenvalue weighted by atomic mass is 10.2. The molecule has 1 amide bonds. The Morgan fingerprint density at radius 2 is 1.86 bits per heavy atom. The maximum atomic E-state index is 11.5. The molecule has 0 aliphatic rings. The van der Waals surface area contributed by atoms with E-state index >= 15 is 0 Å². The van der Waals surface area contributed by atoms with Crippen LogP contribution in [0.1, 0.15) is 16.8 Å². The number of nitrogens with one attached hydrogen (secondary N) is 1. The highest BCUT2D eigenvalue weighted by molar-refractivity contribution is 6.36. The maximum Gasteiger partial charge on any atom is 0.394 e. The van der Waals surface area contributed by atoms with E-state index in [4.69, 9.17) is 5.11 Å². The van der Waals surface area contributed by atoms with E-state index in [2.05, 4.69) is 5.32 Å². The SMILES string of the molecule is Cc1c(C#N)c(NC(=O)C(=O)O)n(-c2ccccc2)c1C. The molecule has 0 aliphatic carbocycles. The van der Waals surface area contributed by atoms with Gasteiger partial charge in [-0.15, -0.1) is 0 Å². The fourth-order valence-corrected chi connectivity index (χ4v) is 2.12. The summed E-state index contributed by atoms with van der Waals surface area (Å²) in [6.07, 6.45) is 0. The van der Waals surface area contributed by atoms with Crippen LogP contribution >= 0.6 is 0 Å². The molecule has 0 bridgehead atoms. The van der Waals surface area contributed by atoms with Gasteiger partial charge in [-0.2, -0.15) is 5.26 Å². The number of benzene rings is 1. The van der Waals surface area contributed by atoms with E-state index in [1.54, 1.807) is 18.4 Å². The van der Waals surface area contributed by atoms with Gasteiger partial charge in [0.2, 0.25) is 0 Å². The number of aromatic nitrogens is 1. The highest BCUT2D eigenvalue weighted by Gasteiger charge is 2.22. The number of aliphatic carboxylic acids is 1. The summed E-state index contributed by atoms with van der Waals surface area (Å²) in [4.78, 5) is 22.2. The lowest BCUT2D eigenvalue weighted by Gasteiger charge is -2.12. The number of carbonyl (C=O) groups excluding carboxylic acids is 1. The molecule has 1 heterocycles. The van der Waals surface area contributed by atoms with Crippen molar-refractivity contribution < 1.29 is 14.7 Å². The largest absolute Gasteiger partial charge is 0.474 e. The Morgan fingerprint density at radius 3 is 2.38 bits per heavy atom. The van der Waals surface area contributed by atoms with E-state index in [0.29, 0.717) is 5.56 Å². The number of rotatable bonds is 2. The highest BCUT2D eigenvalue weighted by atomic mass is 16.4. The van der Waals surface area contributed by atoms with Gasteiger partial charge in [0.05, 0.1) is 5.56 Å². The first-order chi connectivity index (χ1) is 9.97. The van der Waals surface area contributed by atoms with Gasteiger partial charge in [0, 0.05) is 11.4 Å². The maximum absolute atomic E-state index is 11.5. The third-order valence-corrected chi connectivity index (χ3v) is 3.27. The third-order valence-electron chi connectivity index (χ3n) is 3.27. The number of amides is 1. The topological polar surface area (TPSA) is 95.1 Å². The highest BCUT2D eigenvalue weighted by Crippen LogP contribution is 2.29. The molecular weight excluding hydrogens is 270 g/mol. The molecular formula is C15H13N3O3. The predicted octanol–water partition coefficient (Wildman–Crippen LogP) is 1.99. The zero-order valence-electron chi connectivity index (χ0n) is 11.5. The van der Waals surface area contributed by atoms with E-state index in [1.807, 2.05) is 36.4 Å². The minimum atomic E-state index is -1.60. The quantitative estimate of drug-likeness (QED) is 0.824. The first-order valence-corrected chi connectivity index (χ1v) is 6.19. The van der Waals surface area contributed by atoms with Gasteiger partial charge in [-0.3, -0.25) is 9.36 Å². The summed E-state index contributed by atoms with van der Waals surface area (Å²) >= 11 is 0. The molecule has 0 aliphatic heterocycles. The molecule has 1 aromatic heterocycles. The minimum absolute atomic E-state index is 0.172. The smallest absolute Gasteiger partial charge is 0.394 e. The van der Waals surface area contributed by atoms with Gasteiger partial charge in [0.1, 0.15) is 11.9 Å². The van der Waals surface area contributed by atoms with Crippen LogP contribution in [0.15, 0.2) is 30.3 Å². The molecule has 0 spiro atoms. The van der Waals surface area contributed by atoms with Crippen molar-refractivity contribution in [3.05, 3.63) is 47.2 Å². The molecule has 6 nitrogen and oxygen atoms in total. The standard InChI is InChI=1S/C15H13N3O3/c1-9-10(2)18(11-6-4-3-5-7-11)13(12(9)8-16)17-14(19)15(20)21/h3-7H,1-2H3,(H,17,19)(H,20,21). The van der Waals surface area contributed by atoms with E-state index in [9.17, 15) is 14.9 Å². The summed E-state index contributed by atoms with van der Waals surface area (Å²) in [6.45, 7) is 3.56. The van der Waals surface area contributed by atoms with E-state index in [-0.39, 0.29) is 11.4 Å². The Labute approximate surface area is 121 Å². The number of hydrogen-bond donors (Lipinski definition) is 2. The lowest BCUT2D eigenvalue weighted by molar-refractivity contribution is -0.147. The van der Waals surface area contributed by atoms with Crippen molar-refractivity contribution in [1.29, 1.82) is 5.26 Å². The van der Waals surface area contributed by atoms with Crippen LogP contribution in [0.2, 0.25) is 0 Å². The molecule has 0 fully saturated rings. The summed E-state index contributed by atoms with van der Waals surface area (Å²) in [7, 11) is 0. The van der Waals surface area contributed by atoms with Crippen molar-refractivity contribution in [2.75, 3.05) is 5.32 Å². The summed E-state index contributed by atoms with van der Waals surface area (Å²) in [5.41, 5.74) is 2.45. The van der Waals surface area contributed by atoms with Crippen LogP contribution in [0.5, 0.6) is 0 Å². The zero-order valence-corrected chi connectivity index (χ0v) is 11.5. The predicted molar refractivity (Wildman–Crippen MR) is 76.2 cm³/mol. The first kappa shape index (κ1) is 14.3. The molecule has 1 aromatic carbocycles. The number of hydrogen-bond acceptors (Lipinski definition) is 3. The monoisotopic (exact) mass is 283 g/mol. The van der Waals surface area contributed by atoms with Crippen molar-refractivity contribution in [3.8, 4) is 11.8 Å². The molecule has 2 N–H and O–H groups in total. The number of nitrogens with zero attached hydrogens (tertiary/aromatic N) is 2. The Bertz CT molecular complexity index is 755. The normalized spacial score (nSPS) is 9.95. The Morgan fingerprint density at radius 1 is 1.24 bits per heavy atom. The van der Waals surface area contributed by atoms with Gasteiger partial charge in [0.25, 0.3) is 0 Å². The second kappa shape index (κ2) is 5.51. The molecule has 0 unspecified atom stereocenters. The second-order valence-corrected chi connectivity index (χ2v) is 4.48. The van der Waals surface area contributed by atoms with Crippen molar-refractivity contribution in [2.45, 2.75) is 13.8 Å². The molecule has 21 heavy (non-hydrogen) atoms. The molecule has 106 valence electrons. The van der Waals surface area contributed by atoms with Crippen LogP contribution in [-0.2, 0) is 9.59 Å². The molecule has 2 aromatic rings. The Kier molecular flexibility index (Phi) is 3.76. The number of anilines is 1. The molecule has 2 rings (SSSR count). The first-order valence-electron chi connectivity index (χ1n) is 6.19. The number of carboxylic acid groups (broad SMARTS) is 1. The van der Waals surface area contributed by atoms with Crippen LogP contribution in [0.4, 0.5) is 5.82 Å². The van der Waals surface area contributed by atoms with Gasteiger partial charge < -0.3 is 10.4 Å². The van der Waals surface area contributed by atoms with Crippen LogP contribution in [0.3, 0.4) is 0 Å². The average molecular weight is 283 g/mol. The van der Waals surface area contributed by atoms with Crippen molar-refractivity contribution in [1.82, 2.24) is 4.57 Å². The van der Waals surface area contributed by atoms with Crippen LogP contribution in [-0.4, -0.2) is 21.6 Å². The van der Waals surface area contributed by atoms with Crippen LogP contribution < -0.4 is 5.32 Å². The summed E-state index contributed by atoms with van der Waals surface area (Å²) in [5.74, 6) is -2.61. The van der Waals surface area contributed by atoms with Crippen molar-refractivity contribution >= 4 is 17.7 Å². The Balaban J connectivity index is 2.67. The number of para-hydroxylation sites is 1. The van der Waals surface area contributed by atoms with Gasteiger partial charge >= 0.3 is 11.9 Å². The van der Waals surface area contributed by atoms with E-state index in [0.717, 1.165) is 11.4 Å². The molecule has 0 saturated heterocycles. The minimum Gasteiger partial charge on any atom is -0.474 e. The molecule has 6 heteroatoms. The van der Waals surface area contributed by atoms with Crippen LogP contribution in [0.25, 0.3) is 5.69 Å². The van der Waals surface area contributed by atoms with Crippen LogP contribution in [0, 0.1) is 25.2 Å². The molecule has 0 atom stereocenters. The fourth-order valence-electron chi connectivity index (χ4n) is 2.12. The Hall–Kier alpha value is -3.07.